The lowest BCUT2D eigenvalue weighted by atomic mass is 10.1. The van der Waals surface area contributed by atoms with Gasteiger partial charge in [-0.2, -0.15) is 13.2 Å². The number of aromatic nitrogens is 1. The Labute approximate surface area is 223 Å². The summed E-state index contributed by atoms with van der Waals surface area (Å²) in [5.74, 6) is 0. The van der Waals surface area contributed by atoms with Crippen molar-refractivity contribution < 1.29 is 17.6 Å². The van der Waals surface area contributed by atoms with Gasteiger partial charge in [-0.25, -0.2) is 0 Å². The van der Waals surface area contributed by atoms with Crippen LogP contribution in [0.1, 0.15) is 22.3 Å². The van der Waals surface area contributed by atoms with Gasteiger partial charge in [0.25, 0.3) is 0 Å². The molecule has 6 rings (SSSR count). The minimum atomic E-state index is -4.39. The smallest absolute Gasteiger partial charge is 0.416 e. The van der Waals surface area contributed by atoms with Crippen molar-refractivity contribution in [2.24, 2.45) is 0 Å². The standard InChI is InChI=1S/C31H28F3N3O2/c1-21-9-10-29-27(15-21)30(38)23(20-39-29)18-36-13-11-35(12-14-36)17-22-19-37(28-8-3-2-7-26(22)28)25-6-4-5-24(16-25)31(32,33)34/h2-10,15-16,19-20H,11-14,17-18H2,1H3. The highest BCUT2D eigenvalue weighted by atomic mass is 19.4. The zero-order chi connectivity index (χ0) is 27.1. The van der Waals surface area contributed by atoms with E-state index in [0.717, 1.165) is 54.3 Å². The Morgan fingerprint density at radius 3 is 2.28 bits per heavy atom. The third kappa shape index (κ3) is 5.10. The molecule has 1 saturated heterocycles. The van der Waals surface area contributed by atoms with Crippen molar-refractivity contribution in [3.8, 4) is 5.69 Å². The summed E-state index contributed by atoms with van der Waals surface area (Å²) in [6, 6.07) is 18.9. The topological polar surface area (TPSA) is 41.6 Å². The van der Waals surface area contributed by atoms with Crippen LogP contribution < -0.4 is 5.43 Å². The van der Waals surface area contributed by atoms with E-state index in [1.54, 1.807) is 12.3 Å². The number of halogens is 3. The summed E-state index contributed by atoms with van der Waals surface area (Å²) >= 11 is 0. The van der Waals surface area contributed by atoms with Gasteiger partial charge in [-0.15, -0.1) is 0 Å². The third-order valence-corrected chi connectivity index (χ3v) is 7.50. The van der Waals surface area contributed by atoms with Crippen LogP contribution in [0.4, 0.5) is 13.2 Å². The molecule has 8 heteroatoms. The first-order chi connectivity index (χ1) is 18.8. The van der Waals surface area contributed by atoms with Gasteiger partial charge < -0.3 is 8.98 Å². The van der Waals surface area contributed by atoms with E-state index in [1.807, 2.05) is 60.2 Å². The van der Waals surface area contributed by atoms with Crippen LogP contribution in [0.15, 0.2) is 88.4 Å². The second-order valence-electron chi connectivity index (χ2n) is 10.2. The molecule has 2 aromatic heterocycles. The molecule has 0 saturated carbocycles. The molecule has 0 bridgehead atoms. The van der Waals surface area contributed by atoms with Crippen LogP contribution in [0.3, 0.4) is 0 Å². The van der Waals surface area contributed by atoms with Gasteiger partial charge in [0.1, 0.15) is 5.58 Å². The van der Waals surface area contributed by atoms with Gasteiger partial charge >= 0.3 is 6.18 Å². The first kappa shape index (κ1) is 25.4. The maximum absolute atomic E-state index is 13.3. The number of benzene rings is 3. The Hall–Kier alpha value is -3.88. The fourth-order valence-corrected chi connectivity index (χ4v) is 5.40. The van der Waals surface area contributed by atoms with E-state index in [4.69, 9.17) is 4.42 Å². The van der Waals surface area contributed by atoms with Crippen LogP contribution in [-0.4, -0.2) is 40.5 Å². The molecule has 0 amide bonds. The molecule has 200 valence electrons. The van der Waals surface area contributed by atoms with Gasteiger partial charge in [-0.1, -0.05) is 35.9 Å². The Balaban J connectivity index is 1.18. The lowest BCUT2D eigenvalue weighted by Gasteiger charge is -2.34. The minimum Gasteiger partial charge on any atom is -0.464 e. The average molecular weight is 532 g/mol. The zero-order valence-electron chi connectivity index (χ0n) is 21.5. The molecule has 39 heavy (non-hydrogen) atoms. The Morgan fingerprint density at radius 2 is 1.54 bits per heavy atom. The first-order valence-corrected chi connectivity index (χ1v) is 13.0. The third-order valence-electron chi connectivity index (χ3n) is 7.50. The number of aryl methyl sites for hydroxylation is 1. The molecular formula is C31H28F3N3O2. The number of piperazine rings is 1. The number of hydrogen-bond acceptors (Lipinski definition) is 4. The molecule has 3 heterocycles. The summed E-state index contributed by atoms with van der Waals surface area (Å²) < 4.78 is 47.6. The van der Waals surface area contributed by atoms with Crippen molar-refractivity contribution >= 4 is 21.9 Å². The summed E-state index contributed by atoms with van der Waals surface area (Å²) in [6.07, 6.45) is -0.863. The monoisotopic (exact) mass is 531 g/mol. The van der Waals surface area contributed by atoms with Crippen LogP contribution in [0, 0.1) is 6.92 Å². The Bertz CT molecular complexity index is 1710. The molecule has 1 aliphatic heterocycles. The highest BCUT2D eigenvalue weighted by Gasteiger charge is 2.30. The maximum Gasteiger partial charge on any atom is 0.416 e. The molecule has 5 nitrogen and oxygen atoms in total. The van der Waals surface area contributed by atoms with Crippen molar-refractivity contribution in [1.82, 2.24) is 14.4 Å². The normalized spacial score (nSPS) is 15.4. The van der Waals surface area contributed by atoms with E-state index >= 15 is 0 Å². The predicted molar refractivity (Wildman–Crippen MR) is 146 cm³/mol. The number of nitrogens with zero attached hydrogens (tertiary/aromatic N) is 3. The van der Waals surface area contributed by atoms with Crippen LogP contribution in [0.25, 0.3) is 27.6 Å². The van der Waals surface area contributed by atoms with E-state index in [1.165, 1.54) is 12.1 Å². The largest absolute Gasteiger partial charge is 0.464 e. The van der Waals surface area contributed by atoms with E-state index < -0.39 is 11.7 Å². The summed E-state index contributed by atoms with van der Waals surface area (Å²) in [4.78, 5) is 17.6. The van der Waals surface area contributed by atoms with Crippen LogP contribution >= 0.6 is 0 Å². The van der Waals surface area contributed by atoms with E-state index in [2.05, 4.69) is 9.80 Å². The molecule has 0 N–H and O–H groups in total. The minimum absolute atomic E-state index is 0.0183. The molecule has 0 unspecified atom stereocenters. The Morgan fingerprint density at radius 1 is 0.821 bits per heavy atom. The van der Waals surface area contributed by atoms with Crippen molar-refractivity contribution in [3.05, 3.63) is 112 Å². The summed E-state index contributed by atoms with van der Waals surface area (Å²) in [5.41, 5.74) is 4.08. The number of fused-ring (bicyclic) bond motifs is 2. The number of alkyl halides is 3. The first-order valence-electron chi connectivity index (χ1n) is 13.0. The van der Waals surface area contributed by atoms with Crippen molar-refractivity contribution in [3.63, 3.8) is 0 Å². The zero-order valence-corrected chi connectivity index (χ0v) is 21.5. The van der Waals surface area contributed by atoms with Gasteiger partial charge in [0.2, 0.25) is 0 Å². The predicted octanol–water partition coefficient (Wildman–Crippen LogP) is 6.38. The molecule has 0 spiro atoms. The molecule has 0 atom stereocenters. The number of rotatable bonds is 5. The van der Waals surface area contributed by atoms with E-state index in [9.17, 15) is 18.0 Å². The Kier molecular flexibility index (Phi) is 6.53. The number of para-hydroxylation sites is 1. The molecule has 0 radical (unpaired) electrons. The van der Waals surface area contributed by atoms with E-state index in [0.29, 0.717) is 35.3 Å². The SMILES string of the molecule is Cc1ccc2occ(CN3CCN(Cc4cn(-c5cccc(C(F)(F)F)c5)c5ccccc45)CC3)c(=O)c2c1. The summed E-state index contributed by atoms with van der Waals surface area (Å²) in [6.45, 7) is 6.44. The molecule has 1 aliphatic rings. The highest BCUT2D eigenvalue weighted by Crippen LogP contribution is 2.32. The van der Waals surface area contributed by atoms with Gasteiger partial charge in [-0.3, -0.25) is 14.6 Å². The lowest BCUT2D eigenvalue weighted by Crippen LogP contribution is -2.45. The molecule has 5 aromatic rings. The second kappa shape index (κ2) is 10.0. The lowest BCUT2D eigenvalue weighted by molar-refractivity contribution is -0.137. The van der Waals surface area contributed by atoms with Crippen LogP contribution in [-0.2, 0) is 19.3 Å². The average Bonchev–Trinajstić information content (AvgIpc) is 3.29. The quantitative estimate of drug-likeness (QED) is 0.264. The van der Waals surface area contributed by atoms with Crippen LogP contribution in [0.5, 0.6) is 0 Å². The fourth-order valence-electron chi connectivity index (χ4n) is 5.40. The molecular weight excluding hydrogens is 503 g/mol. The molecule has 0 aliphatic carbocycles. The second-order valence-corrected chi connectivity index (χ2v) is 10.2. The van der Waals surface area contributed by atoms with E-state index in [-0.39, 0.29) is 5.43 Å². The van der Waals surface area contributed by atoms with Crippen molar-refractivity contribution in [1.29, 1.82) is 0 Å². The van der Waals surface area contributed by atoms with Crippen LogP contribution in [0.2, 0.25) is 0 Å². The molecule has 1 fully saturated rings. The summed E-state index contributed by atoms with van der Waals surface area (Å²) in [7, 11) is 0. The summed E-state index contributed by atoms with van der Waals surface area (Å²) in [5, 5.41) is 1.64. The molecule has 3 aromatic carbocycles. The maximum atomic E-state index is 13.3. The van der Waals surface area contributed by atoms with Gasteiger partial charge in [0.15, 0.2) is 5.43 Å². The number of hydrogen-bond donors (Lipinski definition) is 0. The van der Waals surface area contributed by atoms with Crippen molar-refractivity contribution in [2.45, 2.75) is 26.2 Å². The van der Waals surface area contributed by atoms with Gasteiger partial charge in [0.05, 0.1) is 22.7 Å². The van der Waals surface area contributed by atoms with Gasteiger partial charge in [0, 0.05) is 62.1 Å². The van der Waals surface area contributed by atoms with Gasteiger partial charge in [-0.05, 0) is 48.9 Å². The fraction of sp³-hybridized carbons (Fsp3) is 0.258. The highest BCUT2D eigenvalue weighted by molar-refractivity contribution is 5.85. The van der Waals surface area contributed by atoms with Crippen molar-refractivity contribution in [2.75, 3.05) is 26.2 Å².